The summed E-state index contributed by atoms with van der Waals surface area (Å²) in [6, 6.07) is 12.0. The summed E-state index contributed by atoms with van der Waals surface area (Å²) in [6.45, 7) is 7.33. The summed E-state index contributed by atoms with van der Waals surface area (Å²) in [5, 5.41) is 6.64. The van der Waals surface area contributed by atoms with Crippen molar-refractivity contribution < 1.29 is 28.3 Å². The zero-order valence-electron chi connectivity index (χ0n) is 18.7. The van der Waals surface area contributed by atoms with E-state index < -0.39 is 18.0 Å². The minimum atomic E-state index is -0.982. The van der Waals surface area contributed by atoms with Crippen LogP contribution in [0.4, 0.5) is 5.69 Å². The summed E-state index contributed by atoms with van der Waals surface area (Å²) in [5.41, 5.74) is 3.49. The maximum absolute atomic E-state index is 12.6. The lowest BCUT2D eigenvalue weighted by molar-refractivity contribution is -0.123. The first kappa shape index (κ1) is 22.9. The molecule has 1 aromatic heterocycles. The van der Waals surface area contributed by atoms with E-state index in [1.54, 1.807) is 18.2 Å². The molecule has 0 spiro atoms. The Bertz CT molecular complexity index is 1100. The summed E-state index contributed by atoms with van der Waals surface area (Å²) in [5.74, 6) is 0.430. The molecule has 0 aliphatic carbocycles. The van der Waals surface area contributed by atoms with Gasteiger partial charge in [-0.15, -0.1) is 0 Å². The van der Waals surface area contributed by atoms with Crippen LogP contribution in [-0.4, -0.2) is 30.2 Å². The molecule has 32 heavy (non-hydrogen) atoms. The monoisotopic (exact) mass is 438 g/mol. The average Bonchev–Trinajstić information content (AvgIpc) is 3.09. The fraction of sp³-hybridized carbons (Fsp3) is 0.292. The molecule has 0 fully saturated rings. The van der Waals surface area contributed by atoms with E-state index in [0.717, 1.165) is 16.8 Å². The van der Waals surface area contributed by atoms with E-state index in [0.29, 0.717) is 22.9 Å². The number of methoxy groups -OCH3 is 1. The highest BCUT2D eigenvalue weighted by Crippen LogP contribution is 2.30. The van der Waals surface area contributed by atoms with Crippen LogP contribution >= 0.6 is 0 Å². The Morgan fingerprint density at radius 2 is 1.88 bits per heavy atom. The number of aryl methyl sites for hydroxylation is 3. The molecular weight excluding hydrogens is 412 g/mol. The normalized spacial score (nSPS) is 11.5. The van der Waals surface area contributed by atoms with Gasteiger partial charge in [-0.05, 0) is 63.6 Å². The highest BCUT2D eigenvalue weighted by Gasteiger charge is 2.21. The number of nitrogens with one attached hydrogen (secondary N) is 1. The highest BCUT2D eigenvalue weighted by molar-refractivity contribution is 5.97. The van der Waals surface area contributed by atoms with Gasteiger partial charge in [0.2, 0.25) is 0 Å². The number of rotatable bonds is 8. The van der Waals surface area contributed by atoms with Gasteiger partial charge >= 0.3 is 5.97 Å². The first-order valence-corrected chi connectivity index (χ1v) is 10.1. The number of hydrogen-bond donors (Lipinski definition) is 1. The average molecular weight is 438 g/mol. The predicted molar refractivity (Wildman–Crippen MR) is 118 cm³/mol. The first-order chi connectivity index (χ1) is 15.3. The molecule has 1 heterocycles. The molecule has 0 aliphatic heterocycles. The molecule has 0 bridgehead atoms. The molecule has 8 nitrogen and oxygen atoms in total. The van der Waals surface area contributed by atoms with Gasteiger partial charge in [0.1, 0.15) is 12.4 Å². The molecule has 0 radical (unpaired) electrons. The number of hydrogen-bond acceptors (Lipinski definition) is 7. The van der Waals surface area contributed by atoms with Crippen LogP contribution in [-0.2, 0) is 16.1 Å². The fourth-order valence-electron chi connectivity index (χ4n) is 3.02. The van der Waals surface area contributed by atoms with Gasteiger partial charge < -0.3 is 24.1 Å². The van der Waals surface area contributed by atoms with E-state index >= 15 is 0 Å². The third-order valence-electron chi connectivity index (χ3n) is 4.89. The lowest BCUT2D eigenvalue weighted by atomic mass is 10.2. The second-order valence-electron chi connectivity index (χ2n) is 7.36. The number of carbonyl (C=O) groups excluding carboxylic acids is 2. The Morgan fingerprint density at radius 3 is 2.53 bits per heavy atom. The van der Waals surface area contributed by atoms with Crippen molar-refractivity contribution in [1.82, 2.24) is 5.16 Å². The topological polar surface area (TPSA) is 99.9 Å². The lowest BCUT2D eigenvalue weighted by Gasteiger charge is -2.15. The number of aromatic nitrogens is 1. The molecule has 0 aliphatic rings. The molecule has 1 atom stereocenters. The van der Waals surface area contributed by atoms with Gasteiger partial charge in [0.15, 0.2) is 17.6 Å². The third kappa shape index (κ3) is 5.46. The molecule has 1 N–H and O–H groups in total. The summed E-state index contributed by atoms with van der Waals surface area (Å²) >= 11 is 0. The quantitative estimate of drug-likeness (QED) is 0.521. The molecule has 168 valence electrons. The van der Waals surface area contributed by atoms with Crippen molar-refractivity contribution in [3.63, 3.8) is 0 Å². The van der Waals surface area contributed by atoms with Crippen molar-refractivity contribution >= 4 is 17.6 Å². The van der Waals surface area contributed by atoms with Crippen molar-refractivity contribution in [1.29, 1.82) is 0 Å². The summed E-state index contributed by atoms with van der Waals surface area (Å²) in [7, 11) is 1.48. The van der Waals surface area contributed by atoms with Gasteiger partial charge in [-0.1, -0.05) is 17.3 Å². The number of amides is 1. The Balaban J connectivity index is 1.64. The molecule has 1 unspecified atom stereocenters. The molecule has 3 rings (SSSR count). The molecular formula is C24H26N2O6. The maximum Gasteiger partial charge on any atom is 0.339 e. The Labute approximate surface area is 186 Å². The largest absolute Gasteiger partial charge is 0.493 e. The number of anilines is 1. The van der Waals surface area contributed by atoms with E-state index in [2.05, 4.69) is 10.5 Å². The van der Waals surface area contributed by atoms with E-state index in [4.69, 9.17) is 18.7 Å². The van der Waals surface area contributed by atoms with Crippen molar-refractivity contribution in [3.8, 4) is 11.5 Å². The smallest absolute Gasteiger partial charge is 0.339 e. The number of nitrogens with zero attached hydrogens (tertiary/aromatic N) is 1. The van der Waals surface area contributed by atoms with Gasteiger partial charge in [0, 0.05) is 5.69 Å². The van der Waals surface area contributed by atoms with Crippen LogP contribution in [0.5, 0.6) is 11.5 Å². The number of esters is 1. The molecule has 0 saturated carbocycles. The summed E-state index contributed by atoms with van der Waals surface area (Å²) in [4.78, 5) is 24.9. The van der Waals surface area contributed by atoms with Crippen molar-refractivity contribution in [2.45, 2.75) is 40.4 Å². The number of ether oxygens (including phenoxy) is 3. The second-order valence-corrected chi connectivity index (χ2v) is 7.36. The summed E-state index contributed by atoms with van der Waals surface area (Å²) < 4.78 is 21.6. The standard InChI is InChI=1S/C24H26N2O6/c1-14-7-6-8-19(11-14)25-23(27)17(4)31-24(28)18-9-10-21(22(12-18)29-5)30-13-20-15(2)26-32-16(20)3/h6-12,17H,13H2,1-5H3,(H,25,27). The van der Waals surface area contributed by atoms with Crippen LogP contribution in [0.25, 0.3) is 0 Å². The number of carbonyl (C=O) groups is 2. The molecule has 8 heteroatoms. The number of benzene rings is 2. The predicted octanol–water partition coefficient (Wildman–Crippen LogP) is 4.37. The van der Waals surface area contributed by atoms with Gasteiger partial charge in [-0.25, -0.2) is 4.79 Å². The van der Waals surface area contributed by atoms with Crippen LogP contribution < -0.4 is 14.8 Å². The fourth-order valence-corrected chi connectivity index (χ4v) is 3.02. The molecule has 2 aromatic carbocycles. The zero-order chi connectivity index (χ0) is 23.3. The Hall–Kier alpha value is -3.81. The van der Waals surface area contributed by atoms with E-state index in [1.165, 1.54) is 20.1 Å². The van der Waals surface area contributed by atoms with E-state index in [-0.39, 0.29) is 12.2 Å². The van der Waals surface area contributed by atoms with Crippen LogP contribution in [0.3, 0.4) is 0 Å². The molecule has 0 saturated heterocycles. The molecule has 3 aromatic rings. The van der Waals surface area contributed by atoms with Crippen molar-refractivity contribution in [2.24, 2.45) is 0 Å². The summed E-state index contributed by atoms with van der Waals surface area (Å²) in [6.07, 6.45) is -0.982. The zero-order valence-corrected chi connectivity index (χ0v) is 18.7. The third-order valence-corrected chi connectivity index (χ3v) is 4.89. The van der Waals surface area contributed by atoms with Crippen LogP contribution in [0.15, 0.2) is 47.0 Å². The van der Waals surface area contributed by atoms with Gasteiger partial charge in [-0.3, -0.25) is 4.79 Å². The van der Waals surface area contributed by atoms with Gasteiger partial charge in [0.25, 0.3) is 5.91 Å². The Kier molecular flexibility index (Phi) is 7.14. The first-order valence-electron chi connectivity index (χ1n) is 10.1. The van der Waals surface area contributed by atoms with E-state index in [9.17, 15) is 9.59 Å². The highest BCUT2D eigenvalue weighted by atomic mass is 16.5. The Morgan fingerprint density at radius 1 is 1.09 bits per heavy atom. The van der Waals surface area contributed by atoms with Gasteiger partial charge in [-0.2, -0.15) is 0 Å². The van der Waals surface area contributed by atoms with Crippen LogP contribution in [0, 0.1) is 20.8 Å². The molecule has 1 amide bonds. The lowest BCUT2D eigenvalue weighted by Crippen LogP contribution is -2.30. The minimum Gasteiger partial charge on any atom is -0.493 e. The van der Waals surface area contributed by atoms with E-state index in [1.807, 2.05) is 39.0 Å². The van der Waals surface area contributed by atoms with Crippen molar-refractivity contribution in [3.05, 3.63) is 70.6 Å². The SMILES string of the molecule is COc1cc(C(=O)OC(C)C(=O)Nc2cccc(C)c2)ccc1OCc1c(C)noc1C. The minimum absolute atomic E-state index is 0.238. The van der Waals surface area contributed by atoms with Gasteiger partial charge in [0.05, 0.1) is 23.9 Å². The van der Waals surface area contributed by atoms with Crippen molar-refractivity contribution in [2.75, 3.05) is 12.4 Å². The second kappa shape index (κ2) is 10.00. The maximum atomic E-state index is 12.6. The van der Waals surface area contributed by atoms with Crippen LogP contribution in [0.2, 0.25) is 0 Å². The van der Waals surface area contributed by atoms with Crippen LogP contribution in [0.1, 0.15) is 39.9 Å².